The summed E-state index contributed by atoms with van der Waals surface area (Å²) in [5, 5.41) is 18.7. The van der Waals surface area contributed by atoms with Crippen LogP contribution in [0.2, 0.25) is 0 Å². The third-order valence-corrected chi connectivity index (χ3v) is 2.63. The number of aromatic hydroxyl groups is 1. The van der Waals surface area contributed by atoms with Gasteiger partial charge < -0.3 is 15.1 Å². The predicted octanol–water partition coefficient (Wildman–Crippen LogP) is 0.748. The minimum absolute atomic E-state index is 0.107. The van der Waals surface area contributed by atoms with E-state index in [1.54, 1.807) is 18.3 Å². The fourth-order valence-corrected chi connectivity index (χ4v) is 1.91. The Morgan fingerprint density at radius 2 is 2.43 bits per heavy atom. The van der Waals surface area contributed by atoms with Gasteiger partial charge in [0.15, 0.2) is 11.6 Å². The van der Waals surface area contributed by atoms with Crippen molar-refractivity contribution in [2.24, 2.45) is 0 Å². The zero-order chi connectivity index (χ0) is 9.97. The van der Waals surface area contributed by atoms with Gasteiger partial charge >= 0.3 is 0 Å². The SMILES string of the molecule is OC[C@H]1CCCN1c1ncccc1O. The van der Waals surface area contributed by atoms with E-state index in [1.165, 1.54) is 0 Å². The second-order valence-corrected chi connectivity index (χ2v) is 3.52. The molecule has 0 bridgehead atoms. The van der Waals surface area contributed by atoms with E-state index >= 15 is 0 Å². The Labute approximate surface area is 82.8 Å². The molecule has 0 amide bonds. The van der Waals surface area contributed by atoms with Gasteiger partial charge in [-0.15, -0.1) is 0 Å². The minimum atomic E-state index is 0.107. The summed E-state index contributed by atoms with van der Waals surface area (Å²) in [6.07, 6.45) is 3.66. The Bertz CT molecular complexity index is 317. The Morgan fingerprint density at radius 3 is 3.14 bits per heavy atom. The third-order valence-electron chi connectivity index (χ3n) is 2.63. The molecule has 4 nitrogen and oxygen atoms in total. The molecule has 1 aliphatic heterocycles. The fourth-order valence-electron chi connectivity index (χ4n) is 1.91. The van der Waals surface area contributed by atoms with Crippen LogP contribution in [0.15, 0.2) is 18.3 Å². The van der Waals surface area contributed by atoms with E-state index in [0.29, 0.717) is 5.82 Å². The average molecular weight is 194 g/mol. The molecule has 0 aromatic carbocycles. The number of rotatable bonds is 2. The molecule has 2 heterocycles. The molecular weight excluding hydrogens is 180 g/mol. The van der Waals surface area contributed by atoms with E-state index in [4.69, 9.17) is 5.11 Å². The van der Waals surface area contributed by atoms with Gasteiger partial charge in [0.25, 0.3) is 0 Å². The van der Waals surface area contributed by atoms with Gasteiger partial charge in [-0.2, -0.15) is 0 Å². The summed E-state index contributed by atoms with van der Waals surface area (Å²) in [6, 6.07) is 3.42. The van der Waals surface area contributed by atoms with Gasteiger partial charge in [-0.3, -0.25) is 0 Å². The van der Waals surface area contributed by atoms with Crippen LogP contribution in [0.4, 0.5) is 5.82 Å². The van der Waals surface area contributed by atoms with Crippen LogP contribution in [-0.4, -0.2) is 34.4 Å². The van der Waals surface area contributed by atoms with E-state index in [2.05, 4.69) is 4.98 Å². The van der Waals surface area contributed by atoms with Crippen LogP contribution in [0.5, 0.6) is 5.75 Å². The number of hydrogen-bond acceptors (Lipinski definition) is 4. The Morgan fingerprint density at radius 1 is 1.57 bits per heavy atom. The third kappa shape index (κ3) is 1.53. The van der Waals surface area contributed by atoms with Gasteiger partial charge in [0, 0.05) is 12.7 Å². The van der Waals surface area contributed by atoms with Crippen LogP contribution in [-0.2, 0) is 0 Å². The van der Waals surface area contributed by atoms with Crippen molar-refractivity contribution in [1.29, 1.82) is 0 Å². The lowest BCUT2D eigenvalue weighted by Gasteiger charge is -2.24. The molecular formula is C10H14N2O2. The summed E-state index contributed by atoms with van der Waals surface area (Å²) in [7, 11) is 0. The number of anilines is 1. The summed E-state index contributed by atoms with van der Waals surface area (Å²) >= 11 is 0. The van der Waals surface area contributed by atoms with Crippen LogP contribution in [0.1, 0.15) is 12.8 Å². The summed E-state index contributed by atoms with van der Waals surface area (Å²) in [4.78, 5) is 6.09. The molecule has 1 aromatic heterocycles. The minimum Gasteiger partial charge on any atom is -0.504 e. The monoisotopic (exact) mass is 194 g/mol. The van der Waals surface area contributed by atoms with Crippen LogP contribution >= 0.6 is 0 Å². The Balaban J connectivity index is 2.26. The van der Waals surface area contributed by atoms with E-state index < -0.39 is 0 Å². The molecule has 14 heavy (non-hydrogen) atoms. The number of aromatic nitrogens is 1. The van der Waals surface area contributed by atoms with Crippen molar-refractivity contribution in [2.75, 3.05) is 18.1 Å². The molecule has 1 atom stereocenters. The van der Waals surface area contributed by atoms with E-state index in [0.717, 1.165) is 19.4 Å². The van der Waals surface area contributed by atoms with Crippen molar-refractivity contribution in [1.82, 2.24) is 4.98 Å². The maximum absolute atomic E-state index is 9.60. The number of hydrogen-bond donors (Lipinski definition) is 2. The lowest BCUT2D eigenvalue weighted by atomic mass is 10.2. The van der Waals surface area contributed by atoms with Crippen LogP contribution in [0.25, 0.3) is 0 Å². The zero-order valence-electron chi connectivity index (χ0n) is 7.93. The molecule has 76 valence electrons. The van der Waals surface area contributed by atoms with Crippen LogP contribution in [0, 0.1) is 0 Å². The molecule has 1 saturated heterocycles. The van der Waals surface area contributed by atoms with Crippen molar-refractivity contribution in [2.45, 2.75) is 18.9 Å². The normalized spacial score (nSPS) is 21.5. The van der Waals surface area contributed by atoms with E-state index in [9.17, 15) is 5.11 Å². The van der Waals surface area contributed by atoms with Crippen molar-refractivity contribution < 1.29 is 10.2 Å². The van der Waals surface area contributed by atoms with Gasteiger partial charge in [0.05, 0.1) is 12.6 Å². The number of aliphatic hydroxyl groups excluding tert-OH is 1. The Hall–Kier alpha value is -1.29. The first-order chi connectivity index (χ1) is 6.83. The highest BCUT2D eigenvalue weighted by atomic mass is 16.3. The first kappa shape index (κ1) is 9.27. The highest BCUT2D eigenvalue weighted by Gasteiger charge is 2.26. The molecule has 2 N–H and O–H groups in total. The van der Waals surface area contributed by atoms with Crippen LogP contribution in [0.3, 0.4) is 0 Å². The molecule has 0 saturated carbocycles. The maximum Gasteiger partial charge on any atom is 0.171 e. The zero-order valence-corrected chi connectivity index (χ0v) is 7.93. The summed E-state index contributed by atoms with van der Waals surface area (Å²) in [6.45, 7) is 0.978. The van der Waals surface area contributed by atoms with Gasteiger partial charge in [-0.25, -0.2) is 4.98 Å². The summed E-state index contributed by atoms with van der Waals surface area (Å²) < 4.78 is 0. The number of pyridine rings is 1. The molecule has 1 aromatic rings. The molecule has 2 rings (SSSR count). The van der Waals surface area contributed by atoms with Gasteiger partial charge in [0.2, 0.25) is 0 Å². The molecule has 4 heteroatoms. The van der Waals surface area contributed by atoms with Gasteiger partial charge in [-0.05, 0) is 25.0 Å². The largest absolute Gasteiger partial charge is 0.504 e. The van der Waals surface area contributed by atoms with Gasteiger partial charge in [-0.1, -0.05) is 0 Å². The number of aliphatic hydroxyl groups is 1. The van der Waals surface area contributed by atoms with Crippen LogP contribution < -0.4 is 4.90 Å². The lowest BCUT2D eigenvalue weighted by Crippen LogP contribution is -2.32. The quantitative estimate of drug-likeness (QED) is 0.729. The molecule has 0 spiro atoms. The molecule has 1 fully saturated rings. The van der Waals surface area contributed by atoms with E-state index in [-0.39, 0.29) is 18.4 Å². The number of nitrogens with zero attached hydrogens (tertiary/aromatic N) is 2. The first-order valence-electron chi connectivity index (χ1n) is 4.84. The lowest BCUT2D eigenvalue weighted by molar-refractivity contribution is 0.265. The van der Waals surface area contributed by atoms with E-state index in [1.807, 2.05) is 4.90 Å². The first-order valence-corrected chi connectivity index (χ1v) is 4.84. The fraction of sp³-hybridized carbons (Fsp3) is 0.500. The average Bonchev–Trinajstić information content (AvgIpc) is 2.66. The molecule has 0 aliphatic carbocycles. The van der Waals surface area contributed by atoms with Crippen molar-refractivity contribution >= 4 is 5.82 Å². The topological polar surface area (TPSA) is 56.6 Å². The Kier molecular flexibility index (Phi) is 2.54. The molecule has 1 aliphatic rings. The highest BCUT2D eigenvalue weighted by molar-refractivity contribution is 5.52. The maximum atomic E-state index is 9.60. The standard InChI is InChI=1S/C10H14N2O2/c13-7-8-3-2-6-12(8)10-9(14)4-1-5-11-10/h1,4-5,8,13-14H,2-3,6-7H2/t8-/m1/s1. The van der Waals surface area contributed by atoms with Crippen molar-refractivity contribution in [3.05, 3.63) is 18.3 Å². The molecule has 0 radical (unpaired) electrons. The second-order valence-electron chi connectivity index (χ2n) is 3.52. The van der Waals surface area contributed by atoms with Crippen molar-refractivity contribution in [3.63, 3.8) is 0 Å². The second kappa shape index (κ2) is 3.84. The summed E-state index contributed by atoms with van der Waals surface area (Å²) in [5.41, 5.74) is 0. The van der Waals surface area contributed by atoms with Gasteiger partial charge in [0.1, 0.15) is 0 Å². The summed E-state index contributed by atoms with van der Waals surface area (Å²) in [5.74, 6) is 0.775. The van der Waals surface area contributed by atoms with Crippen molar-refractivity contribution in [3.8, 4) is 5.75 Å². The predicted molar refractivity (Wildman–Crippen MR) is 53.4 cm³/mol. The molecule has 0 unspecified atom stereocenters. The smallest absolute Gasteiger partial charge is 0.171 e. The highest BCUT2D eigenvalue weighted by Crippen LogP contribution is 2.29.